The lowest BCUT2D eigenvalue weighted by molar-refractivity contribution is 1.18. The minimum Gasteiger partial charge on any atom is -0.271 e. The summed E-state index contributed by atoms with van der Waals surface area (Å²) in [6, 6.07) is 10.3. The van der Waals surface area contributed by atoms with Crippen LogP contribution in [0.15, 0.2) is 40.7 Å². The second-order valence-electron chi connectivity index (χ2n) is 2.83. The highest BCUT2D eigenvalue weighted by atomic mass is 32.2. The molecule has 14 heavy (non-hydrogen) atoms. The smallest absolute Gasteiger partial charge is 0.128 e. The minimum absolute atomic E-state index is 0.978. The highest BCUT2D eigenvalue weighted by Gasteiger charge is 2.04. The topological polar surface area (TPSA) is 12.4 Å². The van der Waals surface area contributed by atoms with Gasteiger partial charge in [-0.05, 0) is 17.0 Å². The molecular weight excluding hydrogens is 210 g/mol. The number of nitrogens with zero attached hydrogens (tertiary/aromatic N) is 1. The van der Waals surface area contributed by atoms with Crippen molar-refractivity contribution in [2.24, 2.45) is 4.99 Å². The second kappa shape index (κ2) is 5.27. The Morgan fingerprint density at radius 1 is 1.29 bits per heavy atom. The van der Waals surface area contributed by atoms with Gasteiger partial charge in [-0.2, -0.15) is 0 Å². The van der Waals surface area contributed by atoms with Gasteiger partial charge < -0.3 is 0 Å². The lowest BCUT2D eigenvalue weighted by Gasteiger charge is -1.92. The summed E-state index contributed by atoms with van der Waals surface area (Å²) in [5, 5.41) is 2.10. The minimum atomic E-state index is 0.978. The first-order chi connectivity index (χ1) is 6.95. The molecule has 2 rings (SSSR count). The Kier molecular flexibility index (Phi) is 3.72. The zero-order chi connectivity index (χ0) is 9.64. The lowest BCUT2D eigenvalue weighted by Crippen LogP contribution is -1.73. The summed E-state index contributed by atoms with van der Waals surface area (Å²) >= 11 is 3.55. The second-order valence-corrected chi connectivity index (χ2v) is 5.06. The summed E-state index contributed by atoms with van der Waals surface area (Å²) in [6.45, 7) is 0.978. The molecule has 0 N–H and O–H groups in total. The van der Waals surface area contributed by atoms with E-state index in [1.54, 1.807) is 11.8 Å². The monoisotopic (exact) mass is 221 g/mol. The Hall–Kier alpha value is -0.670. The predicted molar refractivity (Wildman–Crippen MR) is 67.8 cm³/mol. The van der Waals surface area contributed by atoms with E-state index in [-0.39, 0.29) is 0 Å². The maximum Gasteiger partial charge on any atom is 0.128 e. The molecule has 0 saturated heterocycles. The molecule has 0 fully saturated rings. The molecule has 0 aromatic heterocycles. The summed E-state index contributed by atoms with van der Waals surface area (Å²) < 4.78 is 1.19. The fraction of sp³-hybridized carbons (Fsp3) is 0.182. The van der Waals surface area contributed by atoms with Gasteiger partial charge in [0.25, 0.3) is 0 Å². The molecule has 1 nitrogen and oxygen atoms in total. The Labute approximate surface area is 92.7 Å². The molecule has 1 aromatic rings. The van der Waals surface area contributed by atoms with Gasteiger partial charge in [-0.1, -0.05) is 53.9 Å². The summed E-state index contributed by atoms with van der Waals surface area (Å²) in [5.74, 6) is 1.14. The van der Waals surface area contributed by atoms with Crippen LogP contribution in [-0.4, -0.2) is 16.7 Å². The number of rotatable bonds is 2. The number of thioether (sulfide) groups is 2. The summed E-state index contributed by atoms with van der Waals surface area (Å²) in [5.41, 5.74) is 1.24. The zero-order valence-electron chi connectivity index (χ0n) is 7.72. The van der Waals surface area contributed by atoms with E-state index in [2.05, 4.69) is 28.6 Å². The van der Waals surface area contributed by atoms with E-state index in [1.165, 1.54) is 9.94 Å². The lowest BCUT2D eigenvalue weighted by atomic mass is 10.2. The molecule has 0 saturated carbocycles. The van der Waals surface area contributed by atoms with Gasteiger partial charge in [0.05, 0.1) is 6.54 Å². The Morgan fingerprint density at radius 2 is 2.14 bits per heavy atom. The molecule has 0 aliphatic carbocycles. The van der Waals surface area contributed by atoms with Crippen LogP contribution in [0, 0.1) is 0 Å². The number of hydrogen-bond acceptors (Lipinski definition) is 3. The van der Waals surface area contributed by atoms with Crippen molar-refractivity contribution >= 4 is 34.0 Å². The highest BCUT2D eigenvalue weighted by Crippen LogP contribution is 2.23. The van der Waals surface area contributed by atoms with Gasteiger partial charge in [0.2, 0.25) is 0 Å². The van der Waals surface area contributed by atoms with Crippen LogP contribution in [0.4, 0.5) is 0 Å². The highest BCUT2D eigenvalue weighted by molar-refractivity contribution is 8.40. The third-order valence-electron chi connectivity index (χ3n) is 1.79. The number of aliphatic imine (C=N–C) groups is 1. The average Bonchev–Trinajstić information content (AvgIpc) is 2.72. The first kappa shape index (κ1) is 9.87. The third-order valence-corrected chi connectivity index (χ3v) is 3.79. The van der Waals surface area contributed by atoms with Crippen LogP contribution in [0.3, 0.4) is 0 Å². The Morgan fingerprint density at radius 3 is 2.86 bits per heavy atom. The van der Waals surface area contributed by atoms with Gasteiger partial charge in [0, 0.05) is 5.75 Å². The molecule has 1 aromatic carbocycles. The van der Waals surface area contributed by atoms with Crippen molar-refractivity contribution in [2.45, 2.75) is 0 Å². The van der Waals surface area contributed by atoms with Crippen LogP contribution < -0.4 is 0 Å². The van der Waals surface area contributed by atoms with Gasteiger partial charge in [-0.3, -0.25) is 4.99 Å². The van der Waals surface area contributed by atoms with E-state index in [0.29, 0.717) is 0 Å². The van der Waals surface area contributed by atoms with Gasteiger partial charge in [-0.15, -0.1) is 0 Å². The largest absolute Gasteiger partial charge is 0.271 e. The molecule has 0 amide bonds. The van der Waals surface area contributed by atoms with Gasteiger partial charge in [0.1, 0.15) is 4.38 Å². The van der Waals surface area contributed by atoms with Gasteiger partial charge in [-0.25, -0.2) is 0 Å². The van der Waals surface area contributed by atoms with E-state index < -0.39 is 0 Å². The van der Waals surface area contributed by atoms with Crippen molar-refractivity contribution in [1.29, 1.82) is 0 Å². The van der Waals surface area contributed by atoms with Crippen LogP contribution in [0.25, 0.3) is 6.08 Å². The van der Waals surface area contributed by atoms with E-state index in [4.69, 9.17) is 0 Å². The fourth-order valence-electron chi connectivity index (χ4n) is 1.12. The van der Waals surface area contributed by atoms with Crippen LogP contribution in [0.2, 0.25) is 0 Å². The molecule has 0 unspecified atom stereocenters. The van der Waals surface area contributed by atoms with Crippen molar-refractivity contribution in [2.75, 3.05) is 12.3 Å². The zero-order valence-corrected chi connectivity index (χ0v) is 9.35. The Bertz CT molecular complexity index is 344. The molecule has 0 radical (unpaired) electrons. The van der Waals surface area contributed by atoms with Crippen LogP contribution in [-0.2, 0) is 0 Å². The van der Waals surface area contributed by atoms with Crippen LogP contribution in [0.1, 0.15) is 5.56 Å². The summed E-state index contributed by atoms with van der Waals surface area (Å²) in [7, 11) is 0. The molecule has 1 heterocycles. The molecule has 1 aliphatic heterocycles. The normalized spacial score (nSPS) is 16.1. The number of hydrogen-bond donors (Lipinski definition) is 0. The fourth-order valence-corrected chi connectivity index (χ4v) is 2.86. The Balaban J connectivity index is 1.88. The summed E-state index contributed by atoms with van der Waals surface area (Å²) in [4.78, 5) is 4.36. The van der Waals surface area contributed by atoms with Crippen LogP contribution >= 0.6 is 23.5 Å². The molecule has 1 aliphatic rings. The molecule has 0 spiro atoms. The van der Waals surface area contributed by atoms with Crippen molar-refractivity contribution in [3.05, 3.63) is 41.3 Å². The maximum atomic E-state index is 4.36. The van der Waals surface area contributed by atoms with E-state index >= 15 is 0 Å². The van der Waals surface area contributed by atoms with Gasteiger partial charge >= 0.3 is 0 Å². The molecule has 72 valence electrons. The van der Waals surface area contributed by atoms with Crippen molar-refractivity contribution in [3.63, 3.8) is 0 Å². The van der Waals surface area contributed by atoms with Crippen molar-refractivity contribution in [3.8, 4) is 0 Å². The maximum absolute atomic E-state index is 4.36. The summed E-state index contributed by atoms with van der Waals surface area (Å²) in [6.07, 6.45) is 2.12. The van der Waals surface area contributed by atoms with Gasteiger partial charge in [0.15, 0.2) is 0 Å². The third kappa shape index (κ3) is 2.93. The average molecular weight is 221 g/mol. The quantitative estimate of drug-likeness (QED) is 0.758. The van der Waals surface area contributed by atoms with E-state index in [0.717, 1.165) is 12.3 Å². The molecule has 0 atom stereocenters. The first-order valence-electron chi connectivity index (χ1n) is 4.51. The molecule has 3 heteroatoms. The van der Waals surface area contributed by atoms with E-state index in [9.17, 15) is 0 Å². The number of benzene rings is 1. The first-order valence-corrected chi connectivity index (χ1v) is 6.37. The van der Waals surface area contributed by atoms with Crippen molar-refractivity contribution in [1.82, 2.24) is 0 Å². The molecular formula is C11H11NS2. The van der Waals surface area contributed by atoms with Crippen molar-refractivity contribution < 1.29 is 0 Å². The van der Waals surface area contributed by atoms with E-state index in [1.807, 2.05) is 30.0 Å². The SMILES string of the molecule is C(=Cc1ccccc1)SC1=NCCS1. The molecule has 0 bridgehead atoms. The predicted octanol–water partition coefficient (Wildman–Crippen LogP) is 3.49. The van der Waals surface area contributed by atoms with Crippen LogP contribution in [0.5, 0.6) is 0 Å². The standard InChI is InChI=1S/C11H11NS2/c1-2-4-10(5-3-1)6-8-13-11-12-7-9-14-11/h1-6,8H,7,9H2.